The number of non-ortho nitro benzene ring substituents is 1. The smallest absolute Gasteiger partial charge is 0.426 e. The van der Waals surface area contributed by atoms with Crippen molar-refractivity contribution in [3.63, 3.8) is 0 Å². The molecule has 136 valence electrons. The fourth-order valence-corrected chi connectivity index (χ4v) is 1.43. The van der Waals surface area contributed by atoms with E-state index in [2.05, 4.69) is 0 Å². The zero-order valence-corrected chi connectivity index (χ0v) is 15.4. The van der Waals surface area contributed by atoms with E-state index >= 15 is 0 Å². The van der Waals surface area contributed by atoms with Crippen LogP contribution in [-0.4, -0.2) is 17.2 Å². The summed E-state index contributed by atoms with van der Waals surface area (Å²) in [6, 6.07) is 5.22. The van der Waals surface area contributed by atoms with Gasteiger partial charge in [-0.2, -0.15) is 0 Å². The number of rotatable bonds is 6. The molecule has 1 atom stereocenters. The van der Waals surface area contributed by atoms with Gasteiger partial charge in [-0.15, -0.1) is 0 Å². The van der Waals surface area contributed by atoms with Crippen LogP contribution in [0.2, 0.25) is 0 Å². The molecule has 0 bridgehead atoms. The number of carbonyl (C=O) groups excluding carboxylic acids is 1. The maximum absolute atomic E-state index is 11.6. The summed E-state index contributed by atoms with van der Waals surface area (Å²) in [5, 5.41) is 10.5. The van der Waals surface area contributed by atoms with Gasteiger partial charge in [0.2, 0.25) is 0 Å². The number of benzene rings is 1. The zero-order valence-electron chi connectivity index (χ0n) is 15.4. The van der Waals surface area contributed by atoms with Gasteiger partial charge in [0.15, 0.2) is 0 Å². The first-order chi connectivity index (χ1) is 11.6. The van der Waals surface area contributed by atoms with Gasteiger partial charge in [0.1, 0.15) is 11.9 Å². The molecule has 0 aromatic heterocycles. The molecule has 1 rings (SSSR count). The van der Waals surface area contributed by atoms with Crippen LogP contribution < -0.4 is 4.74 Å². The Morgan fingerprint density at radius 1 is 1.17 bits per heavy atom. The van der Waals surface area contributed by atoms with Crippen LogP contribution in [0.15, 0.2) is 36.4 Å². The fourth-order valence-electron chi connectivity index (χ4n) is 1.43. The Morgan fingerprint density at radius 2 is 1.71 bits per heavy atom. The van der Waals surface area contributed by atoms with E-state index in [-0.39, 0.29) is 17.5 Å². The molecule has 1 aromatic rings. The molecule has 6 heteroatoms. The SMILES string of the molecule is CC.CC.CC/C=C/C(CC)OC(=O)Oc1ccc([N+](=O)[O-])cc1. The molecule has 0 radical (unpaired) electrons. The van der Waals surface area contributed by atoms with Crippen LogP contribution in [0.25, 0.3) is 0 Å². The number of nitro benzene ring substituents is 1. The quantitative estimate of drug-likeness (QED) is 0.212. The predicted molar refractivity (Wildman–Crippen MR) is 96.4 cm³/mol. The van der Waals surface area contributed by atoms with Crippen LogP contribution in [0.4, 0.5) is 10.5 Å². The zero-order chi connectivity index (χ0) is 19.0. The van der Waals surface area contributed by atoms with Crippen LogP contribution >= 0.6 is 0 Å². The highest BCUT2D eigenvalue weighted by Crippen LogP contribution is 2.18. The second-order valence-corrected chi connectivity index (χ2v) is 4.00. The lowest BCUT2D eigenvalue weighted by Crippen LogP contribution is -2.18. The molecule has 0 aliphatic carbocycles. The number of allylic oxidation sites excluding steroid dienone is 1. The average Bonchev–Trinajstić information content (AvgIpc) is 2.62. The molecule has 0 heterocycles. The Balaban J connectivity index is 0. The lowest BCUT2D eigenvalue weighted by Gasteiger charge is -2.11. The van der Waals surface area contributed by atoms with E-state index < -0.39 is 11.1 Å². The van der Waals surface area contributed by atoms with Crippen molar-refractivity contribution in [3.05, 3.63) is 46.5 Å². The summed E-state index contributed by atoms with van der Waals surface area (Å²) in [6.45, 7) is 11.9. The van der Waals surface area contributed by atoms with Crippen molar-refractivity contribution in [1.82, 2.24) is 0 Å². The van der Waals surface area contributed by atoms with E-state index in [4.69, 9.17) is 9.47 Å². The maximum atomic E-state index is 11.6. The summed E-state index contributed by atoms with van der Waals surface area (Å²) in [4.78, 5) is 21.5. The van der Waals surface area contributed by atoms with Gasteiger partial charge in [0, 0.05) is 12.1 Å². The molecule has 0 aliphatic rings. The van der Waals surface area contributed by atoms with E-state index in [1.807, 2.05) is 47.6 Å². The second kappa shape index (κ2) is 15.5. The van der Waals surface area contributed by atoms with Crippen molar-refractivity contribution >= 4 is 11.8 Å². The lowest BCUT2D eigenvalue weighted by molar-refractivity contribution is -0.384. The van der Waals surface area contributed by atoms with Crippen molar-refractivity contribution in [3.8, 4) is 5.75 Å². The van der Waals surface area contributed by atoms with E-state index in [0.29, 0.717) is 6.42 Å². The molecule has 0 amide bonds. The first-order valence-electron chi connectivity index (χ1n) is 8.36. The highest BCUT2D eigenvalue weighted by atomic mass is 16.7. The van der Waals surface area contributed by atoms with Gasteiger partial charge in [-0.05, 0) is 31.1 Å². The van der Waals surface area contributed by atoms with Crippen LogP contribution in [0.1, 0.15) is 54.4 Å². The van der Waals surface area contributed by atoms with Gasteiger partial charge in [-0.25, -0.2) is 4.79 Å². The third-order valence-corrected chi connectivity index (χ3v) is 2.49. The topological polar surface area (TPSA) is 78.7 Å². The standard InChI is InChI=1S/C14H17NO5.2C2H6/c1-3-5-6-12(4-2)19-14(16)20-13-9-7-11(8-10-13)15(17)18;2*1-2/h5-10,12H,3-4H2,1-2H3;2*1-2H3/b6-5+;;. The van der Waals surface area contributed by atoms with Crippen molar-refractivity contribution in [2.24, 2.45) is 0 Å². The minimum atomic E-state index is -0.827. The molecular formula is C18H29NO5. The summed E-state index contributed by atoms with van der Waals surface area (Å²) in [6.07, 6.45) is 4.06. The summed E-state index contributed by atoms with van der Waals surface area (Å²) in [5.74, 6) is 0.204. The highest BCUT2D eigenvalue weighted by molar-refractivity contribution is 5.64. The maximum Gasteiger partial charge on any atom is 0.514 e. The first kappa shape index (κ1) is 23.9. The number of carbonyl (C=O) groups is 1. The summed E-state index contributed by atoms with van der Waals surface area (Å²) < 4.78 is 10.0. The molecule has 1 unspecified atom stereocenters. The number of ether oxygens (including phenoxy) is 2. The normalized spacial score (nSPS) is 10.6. The molecular weight excluding hydrogens is 310 g/mol. The van der Waals surface area contributed by atoms with Crippen LogP contribution in [0.3, 0.4) is 0 Å². The third kappa shape index (κ3) is 10.4. The summed E-state index contributed by atoms with van der Waals surface area (Å²) in [5.41, 5.74) is -0.0666. The van der Waals surface area contributed by atoms with Gasteiger partial charge in [0.25, 0.3) is 5.69 Å². The molecule has 24 heavy (non-hydrogen) atoms. The largest absolute Gasteiger partial charge is 0.514 e. The van der Waals surface area contributed by atoms with Crippen molar-refractivity contribution in [1.29, 1.82) is 0 Å². The molecule has 6 nitrogen and oxygen atoms in total. The van der Waals surface area contributed by atoms with Crippen LogP contribution in [0, 0.1) is 10.1 Å². The minimum absolute atomic E-state index is 0.0666. The average molecular weight is 339 g/mol. The van der Waals surface area contributed by atoms with Crippen molar-refractivity contribution in [2.75, 3.05) is 0 Å². The Bertz CT molecular complexity index is 483. The van der Waals surface area contributed by atoms with Crippen molar-refractivity contribution < 1.29 is 19.2 Å². The van der Waals surface area contributed by atoms with E-state index in [0.717, 1.165) is 6.42 Å². The van der Waals surface area contributed by atoms with Gasteiger partial charge in [-0.1, -0.05) is 47.6 Å². The Morgan fingerprint density at radius 3 is 2.12 bits per heavy atom. The monoisotopic (exact) mass is 339 g/mol. The van der Waals surface area contributed by atoms with Gasteiger partial charge >= 0.3 is 6.16 Å². The highest BCUT2D eigenvalue weighted by Gasteiger charge is 2.13. The Hall–Kier alpha value is -2.37. The van der Waals surface area contributed by atoms with Crippen molar-refractivity contribution in [2.45, 2.75) is 60.5 Å². The number of nitro groups is 1. The van der Waals surface area contributed by atoms with Gasteiger partial charge in [0.05, 0.1) is 4.92 Å². The van der Waals surface area contributed by atoms with E-state index in [1.165, 1.54) is 24.3 Å². The number of nitrogens with zero attached hydrogens (tertiary/aromatic N) is 1. The van der Waals surface area contributed by atoms with Gasteiger partial charge in [-0.3, -0.25) is 10.1 Å². The summed E-state index contributed by atoms with van der Waals surface area (Å²) >= 11 is 0. The minimum Gasteiger partial charge on any atom is -0.426 e. The van der Waals surface area contributed by atoms with Crippen LogP contribution in [-0.2, 0) is 4.74 Å². The third-order valence-electron chi connectivity index (χ3n) is 2.49. The van der Waals surface area contributed by atoms with Gasteiger partial charge < -0.3 is 9.47 Å². The second-order valence-electron chi connectivity index (χ2n) is 4.00. The first-order valence-corrected chi connectivity index (χ1v) is 8.36. The van der Waals surface area contributed by atoms with Crippen LogP contribution in [0.5, 0.6) is 5.75 Å². The molecule has 0 spiro atoms. The Labute approximate surface area is 144 Å². The molecule has 0 aliphatic heterocycles. The lowest BCUT2D eigenvalue weighted by atomic mass is 10.2. The Kier molecular flexibility index (Phi) is 15.5. The number of hydrogen-bond donors (Lipinski definition) is 0. The molecule has 0 saturated carbocycles. The molecule has 0 fully saturated rings. The molecule has 0 N–H and O–H groups in total. The van der Waals surface area contributed by atoms with E-state index in [1.54, 1.807) is 6.08 Å². The fraction of sp³-hybridized carbons (Fsp3) is 0.500. The predicted octanol–water partition coefficient (Wildman–Crippen LogP) is 5.91. The van der Waals surface area contributed by atoms with E-state index in [9.17, 15) is 14.9 Å². The molecule has 1 aromatic carbocycles. The molecule has 0 saturated heterocycles. The number of hydrogen-bond acceptors (Lipinski definition) is 5. The summed E-state index contributed by atoms with van der Waals surface area (Å²) in [7, 11) is 0.